The molecule has 4 rings (SSSR count). The SMILES string of the molecule is O=C(NCc1ccc(Cn2ccnc2)cc1)C1COc2ccccc2C1. The molecule has 3 aromatic rings. The predicted octanol–water partition coefficient (Wildman–Crippen LogP) is 2.80. The second-order valence-electron chi connectivity index (χ2n) is 6.59. The third-order valence-electron chi connectivity index (χ3n) is 4.66. The van der Waals surface area contributed by atoms with E-state index in [1.165, 1.54) is 5.56 Å². The monoisotopic (exact) mass is 347 g/mol. The largest absolute Gasteiger partial charge is 0.492 e. The molecule has 1 aliphatic heterocycles. The molecule has 5 nitrogen and oxygen atoms in total. The number of carbonyl (C=O) groups is 1. The highest BCUT2D eigenvalue weighted by Gasteiger charge is 2.25. The molecule has 1 aliphatic rings. The van der Waals surface area contributed by atoms with Gasteiger partial charge in [-0.15, -0.1) is 0 Å². The number of nitrogens with zero attached hydrogens (tertiary/aromatic N) is 2. The first-order valence-electron chi connectivity index (χ1n) is 8.80. The highest BCUT2D eigenvalue weighted by atomic mass is 16.5. The molecular weight excluding hydrogens is 326 g/mol. The topological polar surface area (TPSA) is 56.2 Å². The Morgan fingerprint density at radius 3 is 2.77 bits per heavy atom. The maximum atomic E-state index is 12.5. The van der Waals surface area contributed by atoms with Crippen LogP contribution in [0, 0.1) is 5.92 Å². The van der Waals surface area contributed by atoms with E-state index < -0.39 is 0 Å². The molecular formula is C21H21N3O2. The predicted molar refractivity (Wildman–Crippen MR) is 98.7 cm³/mol. The third kappa shape index (κ3) is 3.77. The number of ether oxygens (including phenoxy) is 1. The molecule has 0 spiro atoms. The van der Waals surface area contributed by atoms with Crippen molar-refractivity contribution in [1.82, 2.24) is 14.9 Å². The summed E-state index contributed by atoms with van der Waals surface area (Å²) < 4.78 is 7.73. The summed E-state index contributed by atoms with van der Waals surface area (Å²) in [6.45, 7) is 1.76. The zero-order valence-electron chi connectivity index (χ0n) is 14.5. The molecule has 1 unspecified atom stereocenters. The Hall–Kier alpha value is -3.08. The fourth-order valence-corrected chi connectivity index (χ4v) is 3.18. The average molecular weight is 347 g/mol. The lowest BCUT2D eigenvalue weighted by Crippen LogP contribution is -2.37. The van der Waals surface area contributed by atoms with E-state index in [1.54, 1.807) is 12.5 Å². The van der Waals surface area contributed by atoms with Crippen molar-refractivity contribution in [3.05, 3.63) is 83.9 Å². The Balaban J connectivity index is 1.30. The minimum absolute atomic E-state index is 0.0435. The lowest BCUT2D eigenvalue weighted by molar-refractivity contribution is -0.126. The van der Waals surface area contributed by atoms with Gasteiger partial charge in [0.1, 0.15) is 12.4 Å². The van der Waals surface area contributed by atoms with Crippen molar-refractivity contribution >= 4 is 5.91 Å². The fraction of sp³-hybridized carbons (Fsp3) is 0.238. The molecule has 5 heteroatoms. The number of fused-ring (bicyclic) bond motifs is 1. The first-order chi connectivity index (χ1) is 12.8. The first-order valence-corrected chi connectivity index (χ1v) is 8.80. The van der Waals surface area contributed by atoms with Gasteiger partial charge >= 0.3 is 0 Å². The Bertz CT molecular complexity index is 873. The number of amides is 1. The molecule has 1 N–H and O–H groups in total. The smallest absolute Gasteiger partial charge is 0.227 e. The molecule has 26 heavy (non-hydrogen) atoms. The van der Waals surface area contributed by atoms with Gasteiger partial charge in [0, 0.05) is 25.5 Å². The van der Waals surface area contributed by atoms with Crippen molar-refractivity contribution in [2.75, 3.05) is 6.61 Å². The van der Waals surface area contributed by atoms with E-state index in [4.69, 9.17) is 4.74 Å². The van der Waals surface area contributed by atoms with Crippen LogP contribution in [0.3, 0.4) is 0 Å². The molecule has 0 saturated carbocycles. The van der Waals surface area contributed by atoms with Gasteiger partial charge in [-0.2, -0.15) is 0 Å². The van der Waals surface area contributed by atoms with Crippen molar-refractivity contribution in [1.29, 1.82) is 0 Å². The lowest BCUT2D eigenvalue weighted by Gasteiger charge is -2.24. The van der Waals surface area contributed by atoms with Crippen molar-refractivity contribution in [3.63, 3.8) is 0 Å². The van der Waals surface area contributed by atoms with Gasteiger partial charge in [0.15, 0.2) is 0 Å². The van der Waals surface area contributed by atoms with Gasteiger partial charge in [-0.25, -0.2) is 4.98 Å². The Kier molecular flexibility index (Phi) is 4.69. The number of imidazole rings is 1. The zero-order chi connectivity index (χ0) is 17.8. The van der Waals surface area contributed by atoms with Gasteiger partial charge in [-0.05, 0) is 29.2 Å². The van der Waals surface area contributed by atoms with E-state index >= 15 is 0 Å². The second-order valence-corrected chi connectivity index (χ2v) is 6.59. The van der Waals surface area contributed by atoms with Gasteiger partial charge in [-0.1, -0.05) is 42.5 Å². The standard InChI is InChI=1S/C21H21N3O2/c25-21(19-11-18-3-1-2-4-20(18)26-14-19)23-12-16-5-7-17(8-6-16)13-24-10-9-22-15-24/h1-10,15,19H,11-14H2,(H,23,25). The molecule has 2 heterocycles. The van der Waals surface area contributed by atoms with Crippen LogP contribution in [-0.4, -0.2) is 22.1 Å². The summed E-state index contributed by atoms with van der Waals surface area (Å²) in [6.07, 6.45) is 6.25. The summed E-state index contributed by atoms with van der Waals surface area (Å²) >= 11 is 0. The van der Waals surface area contributed by atoms with Crippen LogP contribution in [0.2, 0.25) is 0 Å². The quantitative estimate of drug-likeness (QED) is 0.772. The molecule has 0 fully saturated rings. The number of aromatic nitrogens is 2. The fourth-order valence-electron chi connectivity index (χ4n) is 3.18. The lowest BCUT2D eigenvalue weighted by atomic mass is 9.96. The molecule has 1 atom stereocenters. The normalized spacial score (nSPS) is 15.8. The van der Waals surface area contributed by atoms with Crippen LogP contribution in [0.4, 0.5) is 0 Å². The van der Waals surface area contributed by atoms with Crippen molar-refractivity contribution in [3.8, 4) is 5.75 Å². The van der Waals surface area contributed by atoms with Gasteiger partial charge in [0.2, 0.25) is 5.91 Å². The van der Waals surface area contributed by atoms with Crippen LogP contribution in [-0.2, 0) is 24.3 Å². The summed E-state index contributed by atoms with van der Waals surface area (Å²) in [4.78, 5) is 16.5. The highest BCUT2D eigenvalue weighted by molar-refractivity contribution is 5.79. The number of nitrogens with one attached hydrogen (secondary N) is 1. The minimum Gasteiger partial charge on any atom is -0.492 e. The first kappa shape index (κ1) is 16.4. The maximum Gasteiger partial charge on any atom is 0.227 e. The second kappa shape index (κ2) is 7.44. The summed E-state index contributed by atoms with van der Waals surface area (Å²) in [5, 5.41) is 3.03. The van der Waals surface area contributed by atoms with E-state index in [0.717, 1.165) is 29.8 Å². The average Bonchev–Trinajstić information content (AvgIpc) is 3.20. The summed E-state index contributed by atoms with van der Waals surface area (Å²) in [5.74, 6) is 0.803. The molecule has 0 saturated heterocycles. The molecule has 1 aromatic heterocycles. The molecule has 1 amide bonds. The van der Waals surface area contributed by atoms with E-state index in [0.29, 0.717) is 13.2 Å². The molecule has 0 aliphatic carbocycles. The van der Waals surface area contributed by atoms with E-state index in [2.05, 4.69) is 34.6 Å². The van der Waals surface area contributed by atoms with Crippen LogP contribution in [0.1, 0.15) is 16.7 Å². The Morgan fingerprint density at radius 2 is 1.96 bits per heavy atom. The number of carbonyl (C=O) groups excluding carboxylic acids is 1. The maximum absolute atomic E-state index is 12.5. The van der Waals surface area contributed by atoms with Gasteiger partial charge in [0.05, 0.1) is 12.2 Å². The number of hydrogen-bond acceptors (Lipinski definition) is 3. The van der Waals surface area contributed by atoms with Gasteiger partial charge in [0.25, 0.3) is 0 Å². The highest BCUT2D eigenvalue weighted by Crippen LogP contribution is 2.26. The van der Waals surface area contributed by atoms with Crippen molar-refractivity contribution in [2.24, 2.45) is 5.92 Å². The van der Waals surface area contributed by atoms with Crippen molar-refractivity contribution in [2.45, 2.75) is 19.5 Å². The van der Waals surface area contributed by atoms with Gasteiger partial charge < -0.3 is 14.6 Å². The van der Waals surface area contributed by atoms with Crippen LogP contribution in [0.15, 0.2) is 67.3 Å². The minimum atomic E-state index is -0.134. The number of hydrogen-bond donors (Lipinski definition) is 1. The van der Waals surface area contributed by atoms with Crippen LogP contribution >= 0.6 is 0 Å². The Labute approximate surface area is 152 Å². The van der Waals surface area contributed by atoms with Crippen LogP contribution in [0.5, 0.6) is 5.75 Å². The third-order valence-corrected chi connectivity index (χ3v) is 4.66. The van der Waals surface area contributed by atoms with Crippen molar-refractivity contribution < 1.29 is 9.53 Å². The van der Waals surface area contributed by atoms with E-state index in [9.17, 15) is 4.79 Å². The number of para-hydroxylation sites is 1. The number of rotatable bonds is 5. The Morgan fingerprint density at radius 1 is 1.15 bits per heavy atom. The van der Waals surface area contributed by atoms with E-state index in [1.807, 2.05) is 35.0 Å². The zero-order valence-corrected chi connectivity index (χ0v) is 14.5. The molecule has 2 aromatic carbocycles. The number of benzene rings is 2. The molecule has 0 bridgehead atoms. The van der Waals surface area contributed by atoms with E-state index in [-0.39, 0.29) is 11.8 Å². The molecule has 132 valence electrons. The van der Waals surface area contributed by atoms with Crippen LogP contribution in [0.25, 0.3) is 0 Å². The van der Waals surface area contributed by atoms with Gasteiger partial charge in [-0.3, -0.25) is 4.79 Å². The van der Waals surface area contributed by atoms with Crippen LogP contribution < -0.4 is 10.1 Å². The summed E-state index contributed by atoms with van der Waals surface area (Å²) in [6, 6.07) is 16.2. The molecule has 0 radical (unpaired) electrons. The summed E-state index contributed by atoms with van der Waals surface area (Å²) in [7, 11) is 0. The summed E-state index contributed by atoms with van der Waals surface area (Å²) in [5.41, 5.74) is 3.39.